The first-order valence-electron chi connectivity index (χ1n) is 8.81. The summed E-state index contributed by atoms with van der Waals surface area (Å²) in [5.41, 5.74) is 1.42. The molecule has 1 aromatic heterocycles. The van der Waals surface area contributed by atoms with E-state index in [1.165, 1.54) is 30.5 Å². The van der Waals surface area contributed by atoms with Crippen molar-refractivity contribution in [3.63, 3.8) is 0 Å². The molecular weight excluding hydrogens is 510 g/mol. The molecule has 1 aliphatic carbocycles. The Morgan fingerprint density at radius 2 is 2.07 bits per heavy atom. The normalized spacial score (nSPS) is 15.8. The molecule has 1 atom stereocenters. The van der Waals surface area contributed by atoms with Crippen molar-refractivity contribution in [2.45, 2.75) is 30.1 Å². The van der Waals surface area contributed by atoms with E-state index in [1.807, 2.05) is 0 Å². The zero-order valence-corrected chi connectivity index (χ0v) is 18.0. The summed E-state index contributed by atoms with van der Waals surface area (Å²) < 4.78 is 39.5. The van der Waals surface area contributed by atoms with E-state index >= 15 is 0 Å². The van der Waals surface area contributed by atoms with Gasteiger partial charge in [0.2, 0.25) is 5.88 Å². The molecule has 0 bridgehead atoms. The molecule has 1 unspecified atom stereocenters. The van der Waals surface area contributed by atoms with Crippen LogP contribution < -0.4 is 4.74 Å². The second kappa shape index (κ2) is 7.52. The fourth-order valence-electron chi connectivity index (χ4n) is 3.33. The molecule has 0 spiro atoms. The first-order chi connectivity index (χ1) is 13.7. The van der Waals surface area contributed by atoms with Gasteiger partial charge in [0, 0.05) is 44.4 Å². The van der Waals surface area contributed by atoms with Crippen molar-refractivity contribution in [2.24, 2.45) is 0 Å². The maximum atomic E-state index is 14.0. The van der Waals surface area contributed by atoms with Crippen molar-refractivity contribution in [1.29, 1.82) is 4.78 Å². The molecule has 29 heavy (non-hydrogen) atoms. The zero-order chi connectivity index (χ0) is 20.8. The van der Waals surface area contributed by atoms with E-state index < -0.39 is 18.7 Å². The van der Waals surface area contributed by atoms with Crippen molar-refractivity contribution < 1.29 is 23.2 Å². The van der Waals surface area contributed by atoms with E-state index in [0.717, 1.165) is 18.4 Å². The van der Waals surface area contributed by atoms with E-state index in [1.54, 1.807) is 33.3 Å². The summed E-state index contributed by atoms with van der Waals surface area (Å²) >= 11 is 1.55. The van der Waals surface area contributed by atoms with Crippen molar-refractivity contribution in [2.75, 3.05) is 0 Å². The highest BCUT2D eigenvalue weighted by atomic mass is 127. The second-order valence-electron chi connectivity index (χ2n) is 6.91. The Hall–Kier alpha value is -2.27. The molecule has 1 saturated carbocycles. The highest BCUT2D eigenvalue weighted by molar-refractivity contribution is 14.2. The van der Waals surface area contributed by atoms with Gasteiger partial charge in [-0.1, -0.05) is 12.1 Å². The van der Waals surface area contributed by atoms with Crippen LogP contribution in [-0.2, 0) is 18.1 Å². The topological polar surface area (TPSA) is 100 Å². The number of carboxylic acids is 1. The number of hydrogen-bond donors (Lipinski definition) is 2. The molecule has 4 rings (SSSR count). The number of ether oxygens (including phenoxy) is 1. The minimum atomic E-state index is -2.93. The lowest BCUT2D eigenvalue weighted by Crippen LogP contribution is -2.06. The van der Waals surface area contributed by atoms with Gasteiger partial charge in [-0.2, -0.15) is 0 Å². The van der Waals surface area contributed by atoms with Gasteiger partial charge in [-0.15, -0.1) is 0 Å². The van der Waals surface area contributed by atoms with E-state index in [-0.39, 0.29) is 23.1 Å². The van der Waals surface area contributed by atoms with E-state index in [4.69, 9.17) is 9.52 Å². The van der Waals surface area contributed by atoms with E-state index in [9.17, 15) is 18.5 Å². The number of carboxylic acid groups (broad SMARTS) is 1. The fraction of sp³-hybridized carbons (Fsp3) is 0.200. The van der Waals surface area contributed by atoms with Crippen LogP contribution in [0.5, 0.6) is 11.6 Å². The Labute approximate surface area is 178 Å². The standard InChI is InChI=1S/C20H16FIN2O4S/c21-14-4-3-12-7-13(8-18(25)26)19(11-1-2-11)20(16(12)9-14)28-17-6-5-15(10-24-17)29(22,23)27/h3-7,9-11,23H,1-2,8H2,(H,25,26). The molecule has 0 aliphatic heterocycles. The molecular formula is C20H16FIN2O4S. The minimum absolute atomic E-state index is 0.155. The van der Waals surface area contributed by atoms with Gasteiger partial charge in [0.05, 0.1) is 11.3 Å². The maximum Gasteiger partial charge on any atom is 0.307 e. The lowest BCUT2D eigenvalue weighted by atomic mass is 9.94. The number of aliphatic carboxylic acids is 1. The molecule has 0 amide bonds. The molecule has 150 valence electrons. The van der Waals surface area contributed by atoms with Gasteiger partial charge in [0.15, 0.2) is 0 Å². The number of pyridine rings is 1. The van der Waals surface area contributed by atoms with E-state index in [0.29, 0.717) is 22.1 Å². The summed E-state index contributed by atoms with van der Waals surface area (Å²) in [7, 11) is 0. The van der Waals surface area contributed by atoms with E-state index in [2.05, 4.69) is 4.98 Å². The number of hydrogen-bond acceptors (Lipinski definition) is 5. The third-order valence-electron chi connectivity index (χ3n) is 4.73. The van der Waals surface area contributed by atoms with Crippen molar-refractivity contribution in [1.82, 2.24) is 4.98 Å². The largest absolute Gasteiger partial charge is 0.481 e. The van der Waals surface area contributed by atoms with Gasteiger partial charge in [-0.05, 0) is 47.9 Å². The number of carbonyl (C=O) groups is 1. The number of aromatic nitrogens is 1. The summed E-state index contributed by atoms with van der Waals surface area (Å²) in [6.07, 6.45) is 2.98. The number of nitrogens with zero attached hydrogens (tertiary/aromatic N) is 1. The quantitative estimate of drug-likeness (QED) is 0.330. The molecule has 1 heterocycles. The van der Waals surface area contributed by atoms with Gasteiger partial charge in [-0.25, -0.2) is 18.4 Å². The highest BCUT2D eigenvalue weighted by Gasteiger charge is 2.32. The second-order valence-corrected chi connectivity index (χ2v) is 12.1. The molecule has 0 saturated heterocycles. The van der Waals surface area contributed by atoms with Gasteiger partial charge in [0.25, 0.3) is 0 Å². The van der Waals surface area contributed by atoms with Gasteiger partial charge < -0.3 is 9.84 Å². The Balaban J connectivity index is 1.87. The van der Waals surface area contributed by atoms with Crippen LogP contribution >= 0.6 is 21.2 Å². The number of fused-ring (bicyclic) bond motifs is 1. The zero-order valence-electron chi connectivity index (χ0n) is 15.0. The first-order valence-corrected chi connectivity index (χ1v) is 12.9. The SMILES string of the molecule is N=S(=O)(I)c1ccc(Oc2c(C3CC3)c(CC(=O)O)cc3ccc(F)cc23)nc1. The number of rotatable bonds is 6. The van der Waals surface area contributed by atoms with Crippen molar-refractivity contribution in [3.05, 3.63) is 59.5 Å². The van der Waals surface area contributed by atoms with Crippen LogP contribution in [0.15, 0.2) is 47.5 Å². The van der Waals surface area contributed by atoms with Crippen molar-refractivity contribution >= 4 is 44.8 Å². The molecule has 2 N–H and O–H groups in total. The average Bonchev–Trinajstić information content (AvgIpc) is 3.46. The molecule has 1 fully saturated rings. The van der Waals surface area contributed by atoms with Crippen LogP contribution in [0, 0.1) is 10.6 Å². The lowest BCUT2D eigenvalue weighted by molar-refractivity contribution is -0.136. The summed E-state index contributed by atoms with van der Waals surface area (Å²) in [5.74, 6) is -0.602. The molecule has 9 heteroatoms. The van der Waals surface area contributed by atoms with Crippen LogP contribution in [-0.4, -0.2) is 20.3 Å². The number of benzene rings is 2. The molecule has 1 aliphatic rings. The summed E-state index contributed by atoms with van der Waals surface area (Å²) in [6.45, 7) is -2.93. The van der Waals surface area contributed by atoms with Gasteiger partial charge in [0.1, 0.15) is 18.5 Å². The minimum Gasteiger partial charge on any atom is -0.481 e. The first kappa shape index (κ1) is 20.0. The summed E-state index contributed by atoms with van der Waals surface area (Å²) in [6, 6.07) is 9.09. The lowest BCUT2D eigenvalue weighted by Gasteiger charge is -2.17. The Morgan fingerprint density at radius 1 is 1.31 bits per heavy atom. The third kappa shape index (κ3) is 4.35. The van der Waals surface area contributed by atoms with Gasteiger partial charge >= 0.3 is 5.97 Å². The summed E-state index contributed by atoms with van der Waals surface area (Å²) in [5, 5.41) is 10.6. The molecule has 2 aromatic carbocycles. The Bertz CT molecular complexity index is 1230. The average molecular weight is 526 g/mol. The fourth-order valence-corrected chi connectivity index (χ4v) is 4.55. The number of halogens is 2. The number of nitrogens with one attached hydrogen (secondary N) is 1. The van der Waals surface area contributed by atoms with Gasteiger partial charge in [-0.3, -0.25) is 4.79 Å². The Kier molecular flexibility index (Phi) is 5.19. The Morgan fingerprint density at radius 3 is 2.66 bits per heavy atom. The van der Waals surface area contributed by atoms with Crippen LogP contribution in [0.4, 0.5) is 4.39 Å². The van der Waals surface area contributed by atoms with Crippen LogP contribution in [0.3, 0.4) is 0 Å². The third-order valence-corrected chi connectivity index (χ3v) is 7.10. The monoisotopic (exact) mass is 526 g/mol. The summed E-state index contributed by atoms with van der Waals surface area (Å²) in [4.78, 5) is 15.8. The predicted octanol–water partition coefficient (Wildman–Crippen LogP) is 5.43. The molecule has 3 aromatic rings. The molecule has 6 nitrogen and oxygen atoms in total. The van der Waals surface area contributed by atoms with Crippen molar-refractivity contribution in [3.8, 4) is 11.6 Å². The molecule has 0 radical (unpaired) electrons. The maximum absolute atomic E-state index is 14.0. The highest BCUT2D eigenvalue weighted by Crippen LogP contribution is 2.49. The van der Waals surface area contributed by atoms with Crippen LogP contribution in [0.25, 0.3) is 10.8 Å². The van der Waals surface area contributed by atoms with Crippen LogP contribution in [0.1, 0.15) is 29.9 Å². The smallest absolute Gasteiger partial charge is 0.307 e. The van der Waals surface area contributed by atoms with Crippen LogP contribution in [0.2, 0.25) is 0 Å². The predicted molar refractivity (Wildman–Crippen MR) is 115 cm³/mol.